The summed E-state index contributed by atoms with van der Waals surface area (Å²) in [5.41, 5.74) is 0. The third kappa shape index (κ3) is 73.2. The van der Waals surface area contributed by atoms with Gasteiger partial charge < -0.3 is 0 Å². The van der Waals surface area contributed by atoms with E-state index in [1.807, 2.05) is 0 Å². The summed E-state index contributed by atoms with van der Waals surface area (Å²) >= 11 is 0. The number of rotatable bonds is 0. The molecule has 0 spiro atoms. The van der Waals surface area contributed by atoms with Crippen LogP contribution in [0.1, 0.15) is 0 Å². The maximum Gasteiger partial charge on any atom is 0 e. The molecule has 40 valence electrons. The molecule has 0 aromatic rings. The van der Waals surface area contributed by atoms with Gasteiger partial charge in [0.2, 0.25) is 0 Å². The van der Waals surface area contributed by atoms with Gasteiger partial charge in [-0.2, -0.15) is 8.42 Å². The molecule has 0 saturated heterocycles. The standard InChI is InChI=1S/Na.H2O4S.2Sc.H/c;1-5(2,3)4;;;/h;(H2,1,2,3,4);;;. The van der Waals surface area contributed by atoms with Gasteiger partial charge in [-0.15, -0.1) is 0 Å². The van der Waals surface area contributed by atoms with E-state index in [-0.39, 0.29) is 81.2 Å². The minimum absolute atomic E-state index is 0. The minimum atomic E-state index is -4.67. The first-order chi connectivity index (χ1) is 2.00. The van der Waals surface area contributed by atoms with Gasteiger partial charge in [-0.25, -0.2) is 0 Å². The van der Waals surface area contributed by atoms with Crippen LogP contribution in [0.25, 0.3) is 0 Å². The van der Waals surface area contributed by atoms with Crippen LogP contribution in [-0.2, 0) is 62.1 Å². The van der Waals surface area contributed by atoms with Crippen LogP contribution >= 0.6 is 0 Å². The molecule has 0 bridgehead atoms. The van der Waals surface area contributed by atoms with Gasteiger partial charge in [0.15, 0.2) is 0 Å². The average Bonchev–Trinajstić information content (AvgIpc) is 0.722. The van der Waals surface area contributed by atoms with Crippen LogP contribution in [0.15, 0.2) is 0 Å². The van der Waals surface area contributed by atoms with Crippen LogP contribution < -0.4 is 0 Å². The molecule has 8 heavy (non-hydrogen) atoms. The van der Waals surface area contributed by atoms with E-state index in [4.69, 9.17) is 17.5 Å². The Balaban J connectivity index is -0.0000000267. The Bertz CT molecular complexity index is 97.2. The van der Waals surface area contributed by atoms with Gasteiger partial charge >= 0.3 is 40.0 Å². The molecular weight excluding hydrogens is 209 g/mol. The van der Waals surface area contributed by atoms with E-state index in [9.17, 15) is 0 Å². The van der Waals surface area contributed by atoms with Gasteiger partial charge in [0.1, 0.15) is 0 Å². The maximum atomic E-state index is 8.74. The molecule has 0 aliphatic heterocycles. The Kier molecular flexibility index (Phi) is 26.9. The van der Waals surface area contributed by atoms with Crippen molar-refractivity contribution in [3.63, 3.8) is 0 Å². The maximum absolute atomic E-state index is 8.74. The molecule has 0 atom stereocenters. The Morgan fingerprint density at radius 2 is 1.00 bits per heavy atom. The second-order valence-corrected chi connectivity index (χ2v) is 1.34. The average molecular weight is 212 g/mol. The van der Waals surface area contributed by atoms with E-state index in [1.54, 1.807) is 0 Å². The topological polar surface area (TPSA) is 74.6 Å². The Morgan fingerprint density at radius 3 is 1.00 bits per heavy atom. The molecule has 0 amide bonds. The fourth-order valence-electron chi connectivity index (χ4n) is 0. The van der Waals surface area contributed by atoms with Crippen LogP contribution in [0.5, 0.6) is 0 Å². The Hall–Kier alpha value is 2.61. The summed E-state index contributed by atoms with van der Waals surface area (Å²) in [6, 6.07) is 0. The summed E-state index contributed by atoms with van der Waals surface area (Å²) in [6.45, 7) is 0. The monoisotopic (exact) mass is 212 g/mol. The summed E-state index contributed by atoms with van der Waals surface area (Å²) in [4.78, 5) is 0. The zero-order valence-electron chi connectivity index (χ0n) is 3.27. The first kappa shape index (κ1) is 22.4. The second kappa shape index (κ2) is 9.61. The van der Waals surface area contributed by atoms with Crippen molar-refractivity contribution in [3.8, 4) is 0 Å². The van der Waals surface area contributed by atoms with Crippen molar-refractivity contribution in [2.45, 2.75) is 0 Å². The number of hydrogen-bond acceptors (Lipinski definition) is 2. The van der Waals surface area contributed by atoms with Crippen LogP contribution in [-0.4, -0.2) is 47.1 Å². The van der Waals surface area contributed by atoms with Crippen molar-refractivity contribution < 1.29 is 69.2 Å². The molecule has 0 aliphatic rings. The molecular formula is H3NaO4SSc2. The molecule has 0 aliphatic carbocycles. The van der Waals surface area contributed by atoms with Crippen molar-refractivity contribution >= 4 is 40.0 Å². The van der Waals surface area contributed by atoms with E-state index in [2.05, 4.69) is 0 Å². The molecule has 0 aromatic heterocycles. The molecule has 0 heterocycles. The van der Waals surface area contributed by atoms with E-state index in [0.717, 1.165) is 0 Å². The Morgan fingerprint density at radius 1 is 1.00 bits per heavy atom. The fraction of sp³-hybridized carbons (Fsp3) is 0. The molecule has 2 N–H and O–H groups in total. The molecule has 0 rings (SSSR count). The molecule has 0 unspecified atom stereocenters. The van der Waals surface area contributed by atoms with E-state index in [0.29, 0.717) is 0 Å². The van der Waals surface area contributed by atoms with E-state index >= 15 is 0 Å². The SMILES string of the molecule is O=S(=O)(O)O.[NaH].[Sc].[Sc]. The third-order valence-corrected chi connectivity index (χ3v) is 0. The van der Waals surface area contributed by atoms with Gasteiger partial charge in [0.05, 0.1) is 0 Å². The van der Waals surface area contributed by atoms with Gasteiger partial charge in [0.25, 0.3) is 0 Å². The predicted octanol–water partition coefficient (Wildman–Crippen LogP) is -1.31. The van der Waals surface area contributed by atoms with Crippen molar-refractivity contribution in [2.75, 3.05) is 0 Å². The number of hydrogen-bond donors (Lipinski definition) is 2. The van der Waals surface area contributed by atoms with Gasteiger partial charge in [-0.3, -0.25) is 9.11 Å². The molecule has 0 saturated carbocycles. The molecule has 0 aromatic carbocycles. The molecule has 0 fully saturated rings. The summed E-state index contributed by atoms with van der Waals surface area (Å²) in [6.07, 6.45) is 0. The second-order valence-electron chi connectivity index (χ2n) is 0.448. The zero-order chi connectivity index (χ0) is 4.50. The van der Waals surface area contributed by atoms with Gasteiger partial charge in [-0.05, 0) is 0 Å². The third-order valence-electron chi connectivity index (χ3n) is 0. The van der Waals surface area contributed by atoms with Crippen LogP contribution in [0.4, 0.5) is 0 Å². The van der Waals surface area contributed by atoms with Crippen LogP contribution in [0.3, 0.4) is 0 Å². The fourth-order valence-corrected chi connectivity index (χ4v) is 0. The predicted molar refractivity (Wildman–Crippen MR) is 21.3 cm³/mol. The van der Waals surface area contributed by atoms with E-state index < -0.39 is 10.4 Å². The van der Waals surface area contributed by atoms with Gasteiger partial charge in [0, 0.05) is 51.7 Å². The van der Waals surface area contributed by atoms with E-state index in [1.165, 1.54) is 0 Å². The summed E-state index contributed by atoms with van der Waals surface area (Å²) in [5, 5.41) is 0. The summed E-state index contributed by atoms with van der Waals surface area (Å²) < 4.78 is 31.6. The minimum Gasteiger partial charge on any atom is 0 e. The quantitative estimate of drug-likeness (QED) is 0.386. The molecule has 8 heteroatoms. The first-order valence-corrected chi connectivity index (χ1v) is 2.10. The van der Waals surface area contributed by atoms with Crippen molar-refractivity contribution in [1.82, 2.24) is 0 Å². The first-order valence-electron chi connectivity index (χ1n) is 0.698. The van der Waals surface area contributed by atoms with Crippen LogP contribution in [0, 0.1) is 0 Å². The van der Waals surface area contributed by atoms with Gasteiger partial charge in [-0.1, -0.05) is 0 Å². The summed E-state index contributed by atoms with van der Waals surface area (Å²) in [5.74, 6) is 0. The Labute approximate surface area is 107 Å². The normalized spacial score (nSPS) is 7.25. The smallest absolute Gasteiger partial charge is 0 e. The van der Waals surface area contributed by atoms with Crippen molar-refractivity contribution in [1.29, 1.82) is 0 Å². The van der Waals surface area contributed by atoms with Crippen molar-refractivity contribution in [2.24, 2.45) is 0 Å². The van der Waals surface area contributed by atoms with Crippen molar-refractivity contribution in [3.05, 3.63) is 0 Å². The molecule has 4 nitrogen and oxygen atoms in total. The zero-order valence-corrected chi connectivity index (χ0v) is 7.70. The largest absolute Gasteiger partial charge is 0 e. The molecule has 2 radical (unpaired) electrons. The summed E-state index contributed by atoms with van der Waals surface area (Å²) in [7, 11) is -4.67. The van der Waals surface area contributed by atoms with Crippen LogP contribution in [0.2, 0.25) is 0 Å².